The normalized spacial score (nSPS) is 29.6. The molecule has 0 aromatic rings. The number of carboxylic acids is 1. The zero-order valence-electron chi connectivity index (χ0n) is 7.71. The van der Waals surface area contributed by atoms with Crippen molar-refractivity contribution in [2.45, 2.75) is 20.3 Å². The van der Waals surface area contributed by atoms with Gasteiger partial charge in [-0.3, -0.25) is 4.79 Å². The zero-order valence-corrected chi connectivity index (χ0v) is 7.71. The Balaban J connectivity index is 2.46. The summed E-state index contributed by atoms with van der Waals surface area (Å²) in [7, 11) is 0. The van der Waals surface area contributed by atoms with E-state index in [1.54, 1.807) is 0 Å². The summed E-state index contributed by atoms with van der Waals surface area (Å²) in [6, 6.07) is 0. The van der Waals surface area contributed by atoms with E-state index in [1.165, 1.54) is 0 Å². The lowest BCUT2D eigenvalue weighted by Gasteiger charge is -2.16. The third-order valence-corrected chi connectivity index (χ3v) is 2.43. The second-order valence-corrected chi connectivity index (χ2v) is 3.99. The minimum atomic E-state index is -0.648. The Morgan fingerprint density at radius 3 is 2.75 bits per heavy atom. The van der Waals surface area contributed by atoms with E-state index in [1.807, 2.05) is 0 Å². The second kappa shape index (κ2) is 3.90. The number of carboxylic acid groups (broad SMARTS) is 1. The molecular weight excluding hydrogens is 154 g/mol. The van der Waals surface area contributed by atoms with E-state index in [2.05, 4.69) is 19.2 Å². The molecule has 1 rings (SSSR count). The van der Waals surface area contributed by atoms with Crippen LogP contribution < -0.4 is 5.32 Å². The highest BCUT2D eigenvalue weighted by molar-refractivity contribution is 5.71. The molecular formula is C9H17NO2. The predicted octanol–water partition coefficient (Wildman–Crippen LogP) is 0.953. The van der Waals surface area contributed by atoms with Crippen molar-refractivity contribution in [3.05, 3.63) is 0 Å². The maximum atomic E-state index is 10.8. The van der Waals surface area contributed by atoms with Crippen molar-refractivity contribution < 1.29 is 9.90 Å². The van der Waals surface area contributed by atoms with Gasteiger partial charge in [-0.25, -0.2) is 0 Å². The number of hydrogen-bond acceptors (Lipinski definition) is 2. The number of nitrogens with one attached hydrogen (secondary N) is 1. The van der Waals surface area contributed by atoms with Gasteiger partial charge in [-0.15, -0.1) is 0 Å². The summed E-state index contributed by atoms with van der Waals surface area (Å²) >= 11 is 0. The van der Waals surface area contributed by atoms with Crippen molar-refractivity contribution in [1.82, 2.24) is 5.32 Å². The highest BCUT2D eigenvalue weighted by atomic mass is 16.4. The molecule has 1 unspecified atom stereocenters. The molecule has 0 radical (unpaired) electrons. The first-order valence-corrected chi connectivity index (χ1v) is 4.54. The van der Waals surface area contributed by atoms with Crippen LogP contribution in [0.2, 0.25) is 0 Å². The summed E-state index contributed by atoms with van der Waals surface area (Å²) in [6.07, 6.45) is 1.02. The van der Waals surface area contributed by atoms with Crippen LogP contribution in [0.3, 0.4) is 0 Å². The van der Waals surface area contributed by atoms with Gasteiger partial charge in [0, 0.05) is 6.54 Å². The summed E-state index contributed by atoms with van der Waals surface area (Å²) in [6.45, 7) is 5.79. The van der Waals surface area contributed by atoms with E-state index in [0.29, 0.717) is 18.4 Å². The lowest BCUT2D eigenvalue weighted by molar-refractivity contribution is -0.142. The Morgan fingerprint density at radius 1 is 1.58 bits per heavy atom. The molecule has 2 N–H and O–H groups in total. The Hall–Kier alpha value is -0.570. The maximum Gasteiger partial charge on any atom is 0.308 e. The van der Waals surface area contributed by atoms with Crippen LogP contribution in [0.25, 0.3) is 0 Å². The van der Waals surface area contributed by atoms with Crippen molar-refractivity contribution in [1.29, 1.82) is 0 Å². The molecule has 3 nitrogen and oxygen atoms in total. The monoisotopic (exact) mass is 171 g/mol. The van der Waals surface area contributed by atoms with Gasteiger partial charge in [0.1, 0.15) is 0 Å². The van der Waals surface area contributed by atoms with E-state index in [0.717, 1.165) is 13.0 Å². The fourth-order valence-electron chi connectivity index (χ4n) is 1.88. The summed E-state index contributed by atoms with van der Waals surface area (Å²) in [5.74, 6) is 0.122. The van der Waals surface area contributed by atoms with Crippen LogP contribution in [0.1, 0.15) is 20.3 Å². The second-order valence-electron chi connectivity index (χ2n) is 3.99. The van der Waals surface area contributed by atoms with Crippen LogP contribution in [0.5, 0.6) is 0 Å². The van der Waals surface area contributed by atoms with Gasteiger partial charge in [0.2, 0.25) is 0 Å². The average Bonchev–Trinajstić information content (AvgIpc) is 2.33. The summed E-state index contributed by atoms with van der Waals surface area (Å²) in [4.78, 5) is 10.8. The molecule has 1 saturated heterocycles. The van der Waals surface area contributed by atoms with Crippen molar-refractivity contribution in [3.8, 4) is 0 Å². The van der Waals surface area contributed by atoms with E-state index >= 15 is 0 Å². The van der Waals surface area contributed by atoms with E-state index in [9.17, 15) is 4.79 Å². The third-order valence-electron chi connectivity index (χ3n) is 2.43. The lowest BCUT2D eigenvalue weighted by Crippen LogP contribution is -2.23. The average molecular weight is 171 g/mol. The van der Waals surface area contributed by atoms with Crippen molar-refractivity contribution in [2.24, 2.45) is 17.8 Å². The van der Waals surface area contributed by atoms with Crippen molar-refractivity contribution >= 4 is 5.97 Å². The molecule has 0 bridgehead atoms. The minimum absolute atomic E-state index is 0.160. The highest BCUT2D eigenvalue weighted by Crippen LogP contribution is 2.23. The molecule has 70 valence electrons. The Bertz CT molecular complexity index is 168. The standard InChI is InChI=1S/C9H17NO2/c1-6(2)3-7-4-10-5-8(7)9(11)12/h6-8,10H,3-5H2,1-2H3,(H,11,12)/t7-,8?/m0/s1. The molecule has 3 heteroatoms. The first kappa shape index (κ1) is 9.52. The first-order valence-electron chi connectivity index (χ1n) is 4.54. The number of carbonyl (C=O) groups is 1. The van der Waals surface area contributed by atoms with Crippen LogP contribution in [0.15, 0.2) is 0 Å². The SMILES string of the molecule is CC(C)C[C@H]1CNCC1C(=O)O. The fraction of sp³-hybridized carbons (Fsp3) is 0.889. The van der Waals surface area contributed by atoms with Crippen LogP contribution in [0.4, 0.5) is 0 Å². The maximum absolute atomic E-state index is 10.8. The van der Waals surface area contributed by atoms with Gasteiger partial charge in [-0.2, -0.15) is 0 Å². The van der Waals surface area contributed by atoms with Gasteiger partial charge >= 0.3 is 5.97 Å². The van der Waals surface area contributed by atoms with Crippen molar-refractivity contribution in [2.75, 3.05) is 13.1 Å². The molecule has 0 amide bonds. The quantitative estimate of drug-likeness (QED) is 0.664. The number of hydrogen-bond donors (Lipinski definition) is 2. The van der Waals surface area contributed by atoms with Gasteiger partial charge in [-0.05, 0) is 24.8 Å². The van der Waals surface area contributed by atoms with Crippen LogP contribution in [0, 0.1) is 17.8 Å². The Kier molecular flexibility index (Phi) is 3.09. The minimum Gasteiger partial charge on any atom is -0.481 e. The van der Waals surface area contributed by atoms with Gasteiger partial charge in [-0.1, -0.05) is 13.8 Å². The van der Waals surface area contributed by atoms with Crippen LogP contribution in [-0.2, 0) is 4.79 Å². The molecule has 1 aliphatic heterocycles. The van der Waals surface area contributed by atoms with Gasteiger partial charge in [0.05, 0.1) is 5.92 Å². The molecule has 1 fully saturated rings. The topological polar surface area (TPSA) is 49.3 Å². The van der Waals surface area contributed by atoms with Gasteiger partial charge < -0.3 is 10.4 Å². The summed E-state index contributed by atoms with van der Waals surface area (Å²) in [5.41, 5.74) is 0. The summed E-state index contributed by atoms with van der Waals surface area (Å²) in [5, 5.41) is 12.0. The molecule has 0 aliphatic carbocycles. The zero-order chi connectivity index (χ0) is 9.14. The van der Waals surface area contributed by atoms with Gasteiger partial charge in [0.15, 0.2) is 0 Å². The third kappa shape index (κ3) is 2.21. The predicted molar refractivity (Wildman–Crippen MR) is 46.9 cm³/mol. The smallest absolute Gasteiger partial charge is 0.308 e. The van der Waals surface area contributed by atoms with E-state index < -0.39 is 5.97 Å². The molecule has 0 spiro atoms. The molecule has 0 saturated carbocycles. The molecule has 0 aromatic heterocycles. The number of aliphatic carboxylic acids is 1. The van der Waals surface area contributed by atoms with Crippen LogP contribution >= 0.6 is 0 Å². The molecule has 1 aliphatic rings. The van der Waals surface area contributed by atoms with E-state index in [4.69, 9.17) is 5.11 Å². The summed E-state index contributed by atoms with van der Waals surface area (Å²) < 4.78 is 0. The Labute approximate surface area is 73.2 Å². The molecule has 2 atom stereocenters. The van der Waals surface area contributed by atoms with E-state index in [-0.39, 0.29) is 5.92 Å². The highest BCUT2D eigenvalue weighted by Gasteiger charge is 2.32. The lowest BCUT2D eigenvalue weighted by atomic mass is 9.88. The van der Waals surface area contributed by atoms with Crippen LogP contribution in [-0.4, -0.2) is 24.2 Å². The first-order chi connectivity index (χ1) is 5.61. The molecule has 0 aromatic carbocycles. The number of rotatable bonds is 3. The molecule has 1 heterocycles. The van der Waals surface area contributed by atoms with Gasteiger partial charge in [0.25, 0.3) is 0 Å². The van der Waals surface area contributed by atoms with Crippen molar-refractivity contribution in [3.63, 3.8) is 0 Å². The Morgan fingerprint density at radius 2 is 2.25 bits per heavy atom. The fourth-order valence-corrected chi connectivity index (χ4v) is 1.88. The molecule has 12 heavy (non-hydrogen) atoms. The largest absolute Gasteiger partial charge is 0.481 e.